The molecular formula is C26H35F3N4O7S2. The molecule has 42 heavy (non-hydrogen) atoms. The van der Waals surface area contributed by atoms with Crippen LogP contribution in [-0.4, -0.2) is 92.8 Å². The minimum Gasteiger partial charge on any atom is -0.475 e. The molecule has 0 bridgehead atoms. The number of nitrogens with zero attached hydrogens (tertiary/aromatic N) is 2. The monoisotopic (exact) mass is 636 g/mol. The van der Waals surface area contributed by atoms with Crippen molar-refractivity contribution < 1.29 is 45.8 Å². The Morgan fingerprint density at radius 3 is 2.31 bits per heavy atom. The van der Waals surface area contributed by atoms with Crippen molar-refractivity contribution in [2.45, 2.75) is 53.3 Å². The average molecular weight is 637 g/mol. The molecule has 1 aliphatic carbocycles. The Kier molecular flexibility index (Phi) is 14.0. The number of primary amides is 1. The van der Waals surface area contributed by atoms with E-state index in [-0.39, 0.29) is 29.0 Å². The highest BCUT2D eigenvalue weighted by Gasteiger charge is 2.38. The zero-order chi connectivity index (χ0) is 31.3. The van der Waals surface area contributed by atoms with Gasteiger partial charge in [-0.25, -0.2) is 13.2 Å². The molecular weight excluding hydrogens is 601 g/mol. The number of ether oxygens (including phenoxy) is 1. The maximum Gasteiger partial charge on any atom is 0.490 e. The fourth-order valence-electron chi connectivity index (χ4n) is 4.66. The Balaban J connectivity index is 0.000000782. The number of benzene rings is 1. The molecule has 4 N–H and O–H groups in total. The summed E-state index contributed by atoms with van der Waals surface area (Å²) in [5.74, 6) is -4.17. The van der Waals surface area contributed by atoms with E-state index < -0.39 is 39.1 Å². The largest absolute Gasteiger partial charge is 0.490 e. The van der Waals surface area contributed by atoms with E-state index in [1.807, 2.05) is 6.07 Å². The van der Waals surface area contributed by atoms with Gasteiger partial charge in [0.25, 0.3) is 0 Å². The molecule has 0 spiro atoms. The van der Waals surface area contributed by atoms with Crippen LogP contribution >= 0.6 is 11.8 Å². The number of aliphatic carboxylic acids is 1. The van der Waals surface area contributed by atoms with Crippen molar-refractivity contribution in [3.8, 4) is 6.07 Å². The number of alkyl halides is 3. The van der Waals surface area contributed by atoms with Crippen LogP contribution in [-0.2, 0) is 29.0 Å². The summed E-state index contributed by atoms with van der Waals surface area (Å²) < 4.78 is 63.3. The molecule has 1 saturated heterocycles. The Bertz CT molecular complexity index is 1200. The van der Waals surface area contributed by atoms with E-state index >= 15 is 0 Å². The molecule has 1 aromatic rings. The average Bonchev–Trinajstić information content (AvgIpc) is 2.94. The molecule has 3 atom stereocenters. The molecule has 3 unspecified atom stereocenters. The molecule has 2 amide bonds. The first-order chi connectivity index (χ1) is 19.7. The lowest BCUT2D eigenvalue weighted by Crippen LogP contribution is -2.39. The van der Waals surface area contributed by atoms with Crippen LogP contribution in [0.25, 0.3) is 0 Å². The second-order valence-electron chi connectivity index (χ2n) is 9.83. The molecule has 16 heteroatoms. The van der Waals surface area contributed by atoms with Gasteiger partial charge in [-0.1, -0.05) is 12.8 Å². The maximum absolute atomic E-state index is 13.1. The summed E-state index contributed by atoms with van der Waals surface area (Å²) in [5, 5.41) is 18.0. The zero-order valence-corrected chi connectivity index (χ0v) is 24.5. The third-order valence-corrected chi connectivity index (χ3v) is 10.0. The summed E-state index contributed by atoms with van der Waals surface area (Å²) in [6, 6.07) is 8.43. The number of nitrogens with one attached hydrogen (secondary N) is 1. The van der Waals surface area contributed by atoms with Gasteiger partial charge >= 0.3 is 12.1 Å². The second kappa shape index (κ2) is 16.7. The molecule has 11 nitrogen and oxygen atoms in total. The Morgan fingerprint density at radius 2 is 1.76 bits per heavy atom. The summed E-state index contributed by atoms with van der Waals surface area (Å²) in [6.07, 6.45) is -1.42. The smallest absolute Gasteiger partial charge is 0.475 e. The lowest BCUT2D eigenvalue weighted by molar-refractivity contribution is -0.192. The topological polar surface area (TPSA) is 180 Å². The molecule has 3 rings (SSSR count). The molecule has 1 heterocycles. The molecule has 1 saturated carbocycles. The summed E-state index contributed by atoms with van der Waals surface area (Å²) in [7, 11) is -3.60. The number of carbonyl (C=O) groups excluding carboxylic acids is 2. The molecule has 234 valence electrons. The quantitative estimate of drug-likeness (QED) is 0.241. The number of morpholine rings is 1. The predicted molar refractivity (Wildman–Crippen MR) is 147 cm³/mol. The van der Waals surface area contributed by atoms with E-state index in [2.05, 4.69) is 10.2 Å². The van der Waals surface area contributed by atoms with Crippen molar-refractivity contribution in [2.24, 2.45) is 17.6 Å². The fourth-order valence-corrected chi connectivity index (χ4v) is 7.33. The van der Waals surface area contributed by atoms with Crippen molar-refractivity contribution in [3.05, 3.63) is 24.3 Å². The number of carboxylic acid groups (broad SMARTS) is 1. The predicted octanol–water partition coefficient (Wildman–Crippen LogP) is 2.21. The number of amides is 2. The number of thioether (sulfide) groups is 1. The summed E-state index contributed by atoms with van der Waals surface area (Å²) in [4.78, 5) is 36.5. The molecule has 2 fully saturated rings. The summed E-state index contributed by atoms with van der Waals surface area (Å²) in [6.45, 7) is 3.73. The normalized spacial score (nSPS) is 20.3. The van der Waals surface area contributed by atoms with Gasteiger partial charge in [-0.3, -0.25) is 14.5 Å². The lowest BCUT2D eigenvalue weighted by atomic mass is 9.80. The number of carboxylic acids is 1. The van der Waals surface area contributed by atoms with Crippen LogP contribution in [0.1, 0.15) is 32.1 Å². The number of hydrogen-bond donors (Lipinski definition) is 3. The van der Waals surface area contributed by atoms with Crippen LogP contribution in [0.15, 0.2) is 34.1 Å². The van der Waals surface area contributed by atoms with Crippen LogP contribution in [0.5, 0.6) is 0 Å². The van der Waals surface area contributed by atoms with Crippen LogP contribution in [0.4, 0.5) is 13.2 Å². The molecule has 2 aliphatic rings. The van der Waals surface area contributed by atoms with E-state index in [1.165, 1.54) is 11.8 Å². The summed E-state index contributed by atoms with van der Waals surface area (Å²) >= 11 is 1.35. The van der Waals surface area contributed by atoms with Gasteiger partial charge in [-0.05, 0) is 56.0 Å². The minimum atomic E-state index is -5.08. The number of hydrogen-bond acceptors (Lipinski definition) is 9. The summed E-state index contributed by atoms with van der Waals surface area (Å²) in [5.41, 5.74) is 5.62. The van der Waals surface area contributed by atoms with E-state index in [9.17, 15) is 31.2 Å². The fraction of sp³-hybridized carbons (Fsp3) is 0.615. The Hall–Kier alpha value is -2.87. The van der Waals surface area contributed by atoms with Gasteiger partial charge in [0.1, 0.15) is 6.54 Å². The molecule has 1 aliphatic heterocycles. The number of nitriles is 1. The van der Waals surface area contributed by atoms with Crippen LogP contribution in [0.3, 0.4) is 0 Å². The van der Waals surface area contributed by atoms with Gasteiger partial charge in [0.2, 0.25) is 11.8 Å². The lowest BCUT2D eigenvalue weighted by Gasteiger charge is -2.30. The number of rotatable bonds is 11. The first kappa shape index (κ1) is 35.3. The van der Waals surface area contributed by atoms with Crippen LogP contribution < -0.4 is 11.1 Å². The molecule has 0 aromatic heterocycles. The standard InChI is InChI=1S/C24H34N4O5S2.C2HF3O2/c25-10-11-27-24(30)21-4-2-1-3-18(21)17-35(31,32)20-7-5-19(6-8-20)34-22(23(26)29)9-12-28-13-15-33-16-14-28;3-2(4,5)1(6)7/h5-8,18,21-22H,1-4,9,11-17H2,(H2,26,29)(H,27,30);(H,6,7). The Labute approximate surface area is 246 Å². The first-order valence-electron chi connectivity index (χ1n) is 13.3. The van der Waals surface area contributed by atoms with Gasteiger partial charge in [-0.15, -0.1) is 11.8 Å². The minimum absolute atomic E-state index is 0.0767. The van der Waals surface area contributed by atoms with Crippen LogP contribution in [0.2, 0.25) is 0 Å². The van der Waals surface area contributed by atoms with Crippen LogP contribution in [0, 0.1) is 23.2 Å². The van der Waals surface area contributed by atoms with Crippen molar-refractivity contribution in [1.82, 2.24) is 10.2 Å². The highest BCUT2D eigenvalue weighted by Crippen LogP contribution is 2.33. The number of sulfone groups is 1. The third kappa shape index (κ3) is 11.8. The van der Waals surface area contributed by atoms with E-state index in [0.29, 0.717) is 32.5 Å². The van der Waals surface area contributed by atoms with Crippen molar-refractivity contribution in [2.75, 3.05) is 45.1 Å². The highest BCUT2D eigenvalue weighted by atomic mass is 32.2. The highest BCUT2D eigenvalue weighted by molar-refractivity contribution is 8.00. The zero-order valence-electron chi connectivity index (χ0n) is 22.8. The van der Waals surface area contributed by atoms with Gasteiger partial charge < -0.3 is 20.9 Å². The third-order valence-electron chi connectivity index (χ3n) is 6.85. The van der Waals surface area contributed by atoms with E-state index in [1.54, 1.807) is 24.3 Å². The van der Waals surface area contributed by atoms with Gasteiger partial charge in [0, 0.05) is 23.9 Å². The van der Waals surface area contributed by atoms with Crippen molar-refractivity contribution in [1.29, 1.82) is 5.26 Å². The van der Waals surface area contributed by atoms with Crippen molar-refractivity contribution in [3.63, 3.8) is 0 Å². The number of halogens is 3. The van der Waals surface area contributed by atoms with E-state index in [0.717, 1.165) is 37.4 Å². The SMILES string of the molecule is N#CCNC(=O)C1CCCCC1CS(=O)(=O)c1ccc(SC(CCN2CCOCC2)C(N)=O)cc1.O=C(O)C(F)(F)F. The first-order valence-corrected chi connectivity index (χ1v) is 15.8. The van der Waals surface area contributed by atoms with E-state index in [4.69, 9.17) is 25.6 Å². The number of nitrogens with two attached hydrogens (primary N) is 1. The maximum atomic E-state index is 13.1. The molecule has 0 radical (unpaired) electrons. The van der Waals surface area contributed by atoms with Gasteiger partial charge in [-0.2, -0.15) is 18.4 Å². The number of carbonyl (C=O) groups is 3. The van der Waals surface area contributed by atoms with Crippen molar-refractivity contribution >= 4 is 39.4 Å². The Morgan fingerprint density at radius 1 is 1.17 bits per heavy atom. The van der Waals surface area contributed by atoms with Gasteiger partial charge in [0.05, 0.1) is 35.2 Å². The second-order valence-corrected chi connectivity index (χ2v) is 13.1. The van der Waals surface area contributed by atoms with Gasteiger partial charge in [0.15, 0.2) is 9.84 Å². The molecule has 1 aromatic carbocycles.